The van der Waals surface area contributed by atoms with Gasteiger partial charge in [0, 0.05) is 6.54 Å². The van der Waals surface area contributed by atoms with Crippen molar-refractivity contribution < 1.29 is 9.53 Å². The predicted octanol–water partition coefficient (Wildman–Crippen LogP) is 0.390. The maximum Gasteiger partial charge on any atom is 0.266 e. The number of hydrogen-bond acceptors (Lipinski definition) is 3. The highest BCUT2D eigenvalue weighted by Gasteiger charge is 2.01. The van der Waals surface area contributed by atoms with Gasteiger partial charge in [0.05, 0.1) is 18.4 Å². The van der Waals surface area contributed by atoms with Gasteiger partial charge in [0.15, 0.2) is 0 Å². The third-order valence-corrected chi connectivity index (χ3v) is 1.66. The van der Waals surface area contributed by atoms with E-state index in [0.29, 0.717) is 13.2 Å². The van der Waals surface area contributed by atoms with Crippen LogP contribution in [-0.2, 0) is 9.53 Å². The van der Waals surface area contributed by atoms with Gasteiger partial charge in [-0.05, 0) is 13.3 Å². The Labute approximate surface area is 79.1 Å². The smallest absolute Gasteiger partial charge is 0.266 e. The summed E-state index contributed by atoms with van der Waals surface area (Å²) >= 11 is 0. The molecular weight excluding hydrogens is 168 g/mol. The van der Waals surface area contributed by atoms with Gasteiger partial charge in [0.1, 0.15) is 0 Å². The molecule has 0 aliphatic carbocycles. The van der Waals surface area contributed by atoms with Gasteiger partial charge in [-0.15, -0.1) is 0 Å². The zero-order valence-corrected chi connectivity index (χ0v) is 8.30. The van der Waals surface area contributed by atoms with Gasteiger partial charge in [-0.3, -0.25) is 4.79 Å². The molecule has 0 rings (SSSR count). The van der Waals surface area contributed by atoms with E-state index in [0.717, 1.165) is 6.42 Å². The van der Waals surface area contributed by atoms with Crippen LogP contribution in [0.25, 0.3) is 0 Å². The lowest BCUT2D eigenvalue weighted by atomic mass is 10.3. The standard InChI is InChI=1S/C9H18N2O2/c1-4-7(2)13-6-5-11-9(12)8(3)10/h7H,3-6,10H2,1-2H3,(H,11,12). The first-order chi connectivity index (χ1) is 6.07. The average Bonchev–Trinajstić information content (AvgIpc) is 2.11. The van der Waals surface area contributed by atoms with E-state index in [1.54, 1.807) is 0 Å². The highest BCUT2D eigenvalue weighted by Crippen LogP contribution is 1.93. The first kappa shape index (κ1) is 12.0. The molecule has 0 radical (unpaired) electrons. The molecule has 0 saturated carbocycles. The van der Waals surface area contributed by atoms with Crippen LogP contribution in [0.3, 0.4) is 0 Å². The number of carbonyl (C=O) groups is 1. The van der Waals surface area contributed by atoms with Gasteiger partial charge in [-0.2, -0.15) is 0 Å². The van der Waals surface area contributed by atoms with Gasteiger partial charge in [-0.25, -0.2) is 0 Å². The predicted molar refractivity (Wildman–Crippen MR) is 52.0 cm³/mol. The fourth-order valence-corrected chi connectivity index (χ4v) is 0.656. The van der Waals surface area contributed by atoms with Gasteiger partial charge in [0.2, 0.25) is 0 Å². The van der Waals surface area contributed by atoms with Crippen LogP contribution in [0.1, 0.15) is 20.3 Å². The summed E-state index contributed by atoms with van der Waals surface area (Å²) in [7, 11) is 0. The molecule has 0 spiro atoms. The van der Waals surface area contributed by atoms with E-state index in [-0.39, 0.29) is 17.7 Å². The molecule has 0 heterocycles. The fourth-order valence-electron chi connectivity index (χ4n) is 0.656. The van der Waals surface area contributed by atoms with E-state index in [2.05, 4.69) is 11.9 Å². The monoisotopic (exact) mass is 186 g/mol. The summed E-state index contributed by atoms with van der Waals surface area (Å²) in [6.07, 6.45) is 1.20. The zero-order chi connectivity index (χ0) is 10.3. The van der Waals surface area contributed by atoms with Crippen molar-refractivity contribution >= 4 is 5.91 Å². The molecular formula is C9H18N2O2. The van der Waals surface area contributed by atoms with Crippen molar-refractivity contribution in [1.29, 1.82) is 0 Å². The average molecular weight is 186 g/mol. The number of rotatable bonds is 6. The lowest BCUT2D eigenvalue weighted by Crippen LogP contribution is -2.31. The lowest BCUT2D eigenvalue weighted by molar-refractivity contribution is -0.117. The molecule has 3 N–H and O–H groups in total. The molecule has 0 bridgehead atoms. The molecule has 0 aromatic heterocycles. The van der Waals surface area contributed by atoms with Crippen molar-refractivity contribution in [3.8, 4) is 0 Å². The molecule has 13 heavy (non-hydrogen) atoms. The molecule has 0 aromatic carbocycles. The second kappa shape index (κ2) is 6.48. The number of nitrogens with one attached hydrogen (secondary N) is 1. The van der Waals surface area contributed by atoms with Crippen molar-refractivity contribution in [2.75, 3.05) is 13.2 Å². The lowest BCUT2D eigenvalue weighted by Gasteiger charge is -2.10. The van der Waals surface area contributed by atoms with E-state index < -0.39 is 0 Å². The zero-order valence-electron chi connectivity index (χ0n) is 8.30. The summed E-state index contributed by atoms with van der Waals surface area (Å²) in [5.74, 6) is -0.326. The summed E-state index contributed by atoms with van der Waals surface area (Å²) in [6.45, 7) is 8.33. The highest BCUT2D eigenvalue weighted by atomic mass is 16.5. The Kier molecular flexibility index (Phi) is 5.97. The topological polar surface area (TPSA) is 64.4 Å². The first-order valence-corrected chi connectivity index (χ1v) is 4.42. The van der Waals surface area contributed by atoms with Crippen molar-refractivity contribution in [1.82, 2.24) is 5.32 Å². The molecule has 1 unspecified atom stereocenters. The third-order valence-electron chi connectivity index (χ3n) is 1.66. The molecule has 0 fully saturated rings. The summed E-state index contributed by atoms with van der Waals surface area (Å²) in [5.41, 5.74) is 5.19. The Morgan fingerprint density at radius 3 is 2.77 bits per heavy atom. The van der Waals surface area contributed by atoms with E-state index in [9.17, 15) is 4.79 Å². The van der Waals surface area contributed by atoms with E-state index >= 15 is 0 Å². The number of nitrogens with two attached hydrogens (primary N) is 1. The second-order valence-corrected chi connectivity index (χ2v) is 2.87. The summed E-state index contributed by atoms with van der Waals surface area (Å²) in [5, 5.41) is 2.57. The molecule has 76 valence electrons. The number of ether oxygens (including phenoxy) is 1. The third kappa shape index (κ3) is 6.16. The van der Waals surface area contributed by atoms with E-state index in [1.807, 2.05) is 13.8 Å². The number of amides is 1. The SMILES string of the molecule is C=C(N)C(=O)NCCOC(C)CC. The van der Waals surface area contributed by atoms with Crippen LogP contribution < -0.4 is 11.1 Å². The van der Waals surface area contributed by atoms with Crippen LogP contribution in [0, 0.1) is 0 Å². The quantitative estimate of drug-likeness (QED) is 0.466. The molecule has 1 atom stereocenters. The van der Waals surface area contributed by atoms with Crippen molar-refractivity contribution in [3.63, 3.8) is 0 Å². The van der Waals surface area contributed by atoms with Crippen LogP contribution in [0.4, 0.5) is 0 Å². The fraction of sp³-hybridized carbons (Fsp3) is 0.667. The van der Waals surface area contributed by atoms with Gasteiger partial charge >= 0.3 is 0 Å². The molecule has 1 amide bonds. The van der Waals surface area contributed by atoms with Gasteiger partial charge in [-0.1, -0.05) is 13.5 Å². The summed E-state index contributed by atoms with van der Waals surface area (Å²) < 4.78 is 5.34. The van der Waals surface area contributed by atoms with E-state index in [4.69, 9.17) is 10.5 Å². The molecule has 0 aromatic rings. The Bertz CT molecular complexity index is 180. The number of carbonyl (C=O) groups excluding carboxylic acids is 1. The van der Waals surface area contributed by atoms with Crippen molar-refractivity contribution in [2.45, 2.75) is 26.4 Å². The largest absolute Gasteiger partial charge is 0.395 e. The van der Waals surface area contributed by atoms with Crippen molar-refractivity contribution in [3.05, 3.63) is 12.3 Å². The number of hydrogen-bond donors (Lipinski definition) is 2. The Morgan fingerprint density at radius 2 is 2.31 bits per heavy atom. The van der Waals surface area contributed by atoms with Crippen LogP contribution in [0.2, 0.25) is 0 Å². The van der Waals surface area contributed by atoms with E-state index in [1.165, 1.54) is 0 Å². The van der Waals surface area contributed by atoms with Gasteiger partial charge in [0.25, 0.3) is 5.91 Å². The summed E-state index contributed by atoms with van der Waals surface area (Å²) in [4.78, 5) is 10.9. The van der Waals surface area contributed by atoms with Crippen LogP contribution in [0.15, 0.2) is 12.3 Å². The summed E-state index contributed by atoms with van der Waals surface area (Å²) in [6, 6.07) is 0. The normalized spacial score (nSPS) is 12.2. The minimum absolute atomic E-state index is 0.0311. The van der Waals surface area contributed by atoms with Crippen LogP contribution >= 0.6 is 0 Å². The maximum absolute atomic E-state index is 10.9. The second-order valence-electron chi connectivity index (χ2n) is 2.87. The maximum atomic E-state index is 10.9. The molecule has 4 nitrogen and oxygen atoms in total. The minimum atomic E-state index is -0.326. The van der Waals surface area contributed by atoms with Gasteiger partial charge < -0.3 is 15.8 Å². The first-order valence-electron chi connectivity index (χ1n) is 4.42. The highest BCUT2D eigenvalue weighted by molar-refractivity contribution is 5.91. The minimum Gasteiger partial charge on any atom is -0.395 e. The Hall–Kier alpha value is -1.03. The molecule has 4 heteroatoms. The molecule has 0 aliphatic heterocycles. The van der Waals surface area contributed by atoms with Crippen LogP contribution in [-0.4, -0.2) is 25.2 Å². The van der Waals surface area contributed by atoms with Crippen LogP contribution in [0.5, 0.6) is 0 Å². The molecule has 0 saturated heterocycles. The Morgan fingerprint density at radius 1 is 1.69 bits per heavy atom. The molecule has 0 aliphatic rings. The van der Waals surface area contributed by atoms with Crippen molar-refractivity contribution in [2.24, 2.45) is 5.73 Å². The Balaban J connectivity index is 3.36.